The van der Waals surface area contributed by atoms with E-state index in [2.05, 4.69) is 20.6 Å². The van der Waals surface area contributed by atoms with Crippen LogP contribution in [-0.4, -0.2) is 64.1 Å². The summed E-state index contributed by atoms with van der Waals surface area (Å²) in [6.45, 7) is 3.72. The number of benzene rings is 2. The normalized spacial score (nSPS) is 12.4. The minimum Gasteiger partial charge on any atom is -0.493 e. The molecule has 0 saturated heterocycles. The van der Waals surface area contributed by atoms with Gasteiger partial charge in [-0.15, -0.1) is 11.3 Å². The Morgan fingerprint density at radius 3 is 2.48 bits per heavy atom. The summed E-state index contributed by atoms with van der Waals surface area (Å²) >= 11 is 1.08. The molecule has 0 unspecified atom stereocenters. The third-order valence-electron chi connectivity index (χ3n) is 6.48. The van der Waals surface area contributed by atoms with Gasteiger partial charge in [0, 0.05) is 37.4 Å². The lowest BCUT2D eigenvalue weighted by Gasteiger charge is -2.24. The summed E-state index contributed by atoms with van der Waals surface area (Å²) in [7, 11) is 1.54. The number of amides is 2. The highest BCUT2D eigenvalue weighted by Crippen LogP contribution is 2.35. The summed E-state index contributed by atoms with van der Waals surface area (Å²) in [6.07, 6.45) is 0. The molecule has 2 amide bonds. The van der Waals surface area contributed by atoms with Crippen molar-refractivity contribution >= 4 is 34.1 Å². The summed E-state index contributed by atoms with van der Waals surface area (Å²) in [6, 6.07) is 14.4. The highest BCUT2D eigenvalue weighted by Gasteiger charge is 2.33. The topological polar surface area (TPSA) is 165 Å². The fourth-order valence-corrected chi connectivity index (χ4v) is 5.04. The quantitative estimate of drug-likeness (QED) is 0.135. The zero-order valence-electron chi connectivity index (χ0n) is 23.2. The van der Waals surface area contributed by atoms with E-state index >= 15 is 0 Å². The van der Waals surface area contributed by atoms with E-state index in [1.807, 2.05) is 30.3 Å². The number of rotatable bonds is 13. The average Bonchev–Trinajstić information content (AvgIpc) is 3.57. The van der Waals surface area contributed by atoms with E-state index in [0.717, 1.165) is 21.5 Å². The van der Waals surface area contributed by atoms with Gasteiger partial charge in [-0.05, 0) is 29.8 Å². The monoisotopic (exact) mass is 593 g/mol. The van der Waals surface area contributed by atoms with Crippen LogP contribution in [0.4, 0.5) is 5.13 Å². The first-order chi connectivity index (χ1) is 20.2. The maximum absolute atomic E-state index is 13.6. The molecular formula is C29H31N5O7S. The van der Waals surface area contributed by atoms with E-state index in [9.17, 15) is 24.3 Å². The molecule has 0 spiro atoms. The molecule has 2 aromatic heterocycles. The molecule has 12 nitrogen and oxygen atoms in total. The van der Waals surface area contributed by atoms with Gasteiger partial charge in [0.1, 0.15) is 23.2 Å². The van der Waals surface area contributed by atoms with Crippen molar-refractivity contribution in [3.63, 3.8) is 0 Å². The lowest BCUT2D eigenvalue weighted by atomic mass is 9.92. The standard InChI is InChI=1S/C29H31N5O7S/c1-17(19-7-5-4-6-8-19)25(26(37)33-28-31-22(16-42-28)18(2)35)34-27(38)24(32-29(34)39)20-9-11-21(12-10-20)41-15-23(36)30-13-14-40-3/h4-12,16-17,25,38H,13-15H2,1-3H3,(H,30,36)(H,32,39)(H,31,33,37)/t17-,25-/m0/s1. The molecule has 42 heavy (non-hydrogen) atoms. The van der Waals surface area contributed by atoms with Crippen LogP contribution in [0.25, 0.3) is 11.3 Å². The molecule has 220 valence electrons. The maximum atomic E-state index is 13.6. The summed E-state index contributed by atoms with van der Waals surface area (Å²) in [5.74, 6) is -1.71. The van der Waals surface area contributed by atoms with Gasteiger partial charge in [0.05, 0.1) is 6.61 Å². The molecule has 2 heterocycles. The Kier molecular flexibility index (Phi) is 9.89. The largest absolute Gasteiger partial charge is 0.493 e. The van der Waals surface area contributed by atoms with Gasteiger partial charge in [0.15, 0.2) is 17.5 Å². The number of nitrogens with zero attached hydrogens (tertiary/aromatic N) is 2. The van der Waals surface area contributed by atoms with E-state index in [0.29, 0.717) is 24.5 Å². The molecule has 2 atom stereocenters. The molecule has 0 saturated carbocycles. The summed E-state index contributed by atoms with van der Waals surface area (Å²) in [5, 5.41) is 18.3. The van der Waals surface area contributed by atoms with Crippen molar-refractivity contribution < 1.29 is 29.0 Å². The van der Waals surface area contributed by atoms with Crippen LogP contribution in [0.5, 0.6) is 11.6 Å². The van der Waals surface area contributed by atoms with Crippen molar-refractivity contribution in [2.75, 3.05) is 32.2 Å². The van der Waals surface area contributed by atoms with Crippen LogP contribution in [0.3, 0.4) is 0 Å². The number of methoxy groups -OCH3 is 1. The first-order valence-corrected chi connectivity index (χ1v) is 13.9. The number of carbonyl (C=O) groups excluding carboxylic acids is 3. The van der Waals surface area contributed by atoms with Crippen molar-refractivity contribution in [2.45, 2.75) is 25.8 Å². The second-order valence-corrected chi connectivity index (χ2v) is 10.2. The smallest absolute Gasteiger partial charge is 0.329 e. The maximum Gasteiger partial charge on any atom is 0.329 e. The van der Waals surface area contributed by atoms with Crippen molar-refractivity contribution in [3.8, 4) is 22.9 Å². The Morgan fingerprint density at radius 2 is 1.83 bits per heavy atom. The van der Waals surface area contributed by atoms with Crippen molar-refractivity contribution in [1.29, 1.82) is 0 Å². The molecule has 0 bridgehead atoms. The van der Waals surface area contributed by atoms with Gasteiger partial charge in [0.2, 0.25) is 11.8 Å². The average molecular weight is 594 g/mol. The Labute approximate surface area is 245 Å². The predicted octanol–water partition coefficient (Wildman–Crippen LogP) is 3.33. The second kappa shape index (κ2) is 13.7. The van der Waals surface area contributed by atoms with Crippen LogP contribution in [0.15, 0.2) is 64.8 Å². The van der Waals surface area contributed by atoms with Gasteiger partial charge >= 0.3 is 5.69 Å². The van der Waals surface area contributed by atoms with E-state index in [1.165, 1.54) is 19.4 Å². The van der Waals surface area contributed by atoms with Crippen LogP contribution in [-0.2, 0) is 14.3 Å². The number of H-pyrrole nitrogens is 1. The van der Waals surface area contributed by atoms with Crippen LogP contribution < -0.4 is 21.1 Å². The van der Waals surface area contributed by atoms with E-state index < -0.39 is 29.4 Å². The fraction of sp³-hybridized carbons (Fsp3) is 0.276. The number of thiazole rings is 1. The van der Waals surface area contributed by atoms with Crippen LogP contribution in [0, 0.1) is 0 Å². The predicted molar refractivity (Wildman–Crippen MR) is 157 cm³/mol. The number of carbonyl (C=O) groups is 3. The Balaban J connectivity index is 1.60. The van der Waals surface area contributed by atoms with E-state index in [1.54, 1.807) is 31.2 Å². The number of Topliss-reactive ketones (excluding diaryl/α,β-unsaturated/α-hetero) is 1. The van der Waals surface area contributed by atoms with Crippen LogP contribution >= 0.6 is 11.3 Å². The Bertz CT molecular complexity index is 1590. The first kappa shape index (κ1) is 30.2. The van der Waals surface area contributed by atoms with Crippen LogP contribution in [0.1, 0.15) is 41.9 Å². The minimum absolute atomic E-state index is 0.107. The summed E-state index contributed by atoms with van der Waals surface area (Å²) in [5.41, 5.74) is 0.851. The Morgan fingerprint density at radius 1 is 1.12 bits per heavy atom. The molecule has 0 fully saturated rings. The number of ketones is 1. The number of nitrogens with one attached hydrogen (secondary N) is 3. The van der Waals surface area contributed by atoms with Gasteiger partial charge in [-0.1, -0.05) is 37.3 Å². The lowest BCUT2D eigenvalue weighted by Crippen LogP contribution is -2.35. The van der Waals surface area contributed by atoms with Gasteiger partial charge in [-0.2, -0.15) is 0 Å². The van der Waals surface area contributed by atoms with Gasteiger partial charge in [-0.3, -0.25) is 14.4 Å². The third-order valence-corrected chi connectivity index (χ3v) is 7.24. The first-order valence-electron chi connectivity index (χ1n) is 13.0. The molecule has 13 heteroatoms. The third kappa shape index (κ3) is 7.11. The summed E-state index contributed by atoms with van der Waals surface area (Å²) < 4.78 is 11.4. The van der Waals surface area contributed by atoms with Crippen molar-refractivity contribution in [3.05, 3.63) is 81.7 Å². The molecule has 4 N–H and O–H groups in total. The van der Waals surface area contributed by atoms with Crippen molar-refractivity contribution in [2.24, 2.45) is 0 Å². The molecule has 2 aromatic carbocycles. The zero-order valence-corrected chi connectivity index (χ0v) is 24.1. The lowest BCUT2D eigenvalue weighted by molar-refractivity contribution is -0.123. The van der Waals surface area contributed by atoms with Gasteiger partial charge < -0.3 is 30.2 Å². The van der Waals surface area contributed by atoms with E-state index in [-0.39, 0.29) is 34.8 Å². The van der Waals surface area contributed by atoms with E-state index in [4.69, 9.17) is 9.47 Å². The molecule has 4 aromatic rings. The van der Waals surface area contributed by atoms with Gasteiger partial charge in [0.25, 0.3) is 5.91 Å². The van der Waals surface area contributed by atoms with Crippen molar-refractivity contribution in [1.82, 2.24) is 19.9 Å². The summed E-state index contributed by atoms with van der Waals surface area (Å²) in [4.78, 5) is 57.2. The second-order valence-electron chi connectivity index (χ2n) is 9.38. The number of aromatic hydroxyl groups is 1. The number of aromatic nitrogens is 3. The highest BCUT2D eigenvalue weighted by molar-refractivity contribution is 7.14. The molecule has 0 radical (unpaired) electrons. The number of ether oxygens (including phenoxy) is 2. The SMILES string of the molecule is COCCNC(=O)COc1ccc(-c2[nH]c(=O)n([C@H](C(=O)Nc3nc(C(C)=O)cs3)[C@@H](C)c3ccccc3)c2O)cc1. The molecule has 0 aliphatic heterocycles. The number of imidazole rings is 1. The fourth-order valence-electron chi connectivity index (χ4n) is 4.29. The number of anilines is 1. The number of hydrogen-bond donors (Lipinski definition) is 4. The Hall–Kier alpha value is -4.75. The molecule has 0 aliphatic carbocycles. The molecule has 0 aliphatic rings. The minimum atomic E-state index is -1.17. The number of aromatic amines is 1. The van der Waals surface area contributed by atoms with Crippen LogP contribution in [0.2, 0.25) is 0 Å². The number of hydrogen-bond acceptors (Lipinski definition) is 9. The molecular weight excluding hydrogens is 562 g/mol. The van der Waals surface area contributed by atoms with Gasteiger partial charge in [-0.25, -0.2) is 14.3 Å². The molecule has 4 rings (SSSR count). The zero-order chi connectivity index (χ0) is 30.2. The highest BCUT2D eigenvalue weighted by atomic mass is 32.1.